The highest BCUT2D eigenvalue weighted by Crippen LogP contribution is 2.09. The van der Waals surface area contributed by atoms with Crippen molar-refractivity contribution in [2.24, 2.45) is 5.50 Å². The summed E-state index contributed by atoms with van der Waals surface area (Å²) < 4.78 is 14.6. The average molecular weight is 171 g/mol. The Hall–Kier alpha value is 0.310. The highest BCUT2D eigenvalue weighted by molar-refractivity contribution is 7.36. The summed E-state index contributed by atoms with van der Waals surface area (Å²) in [6.07, 6.45) is 1.70. The van der Waals surface area contributed by atoms with E-state index in [4.69, 9.17) is 17.1 Å². The van der Waals surface area contributed by atoms with Crippen LogP contribution in [0, 0.1) is 0 Å². The van der Waals surface area contributed by atoms with Crippen LogP contribution in [0.3, 0.4) is 0 Å². The van der Waals surface area contributed by atoms with Crippen LogP contribution in [0.25, 0.3) is 0 Å². The largest absolute Gasteiger partial charge is 0.610 e. The third kappa shape index (κ3) is 8.31. The summed E-state index contributed by atoms with van der Waals surface area (Å²) >= 11 is 5.36. The molecule has 1 atom stereocenters. The first-order valence-electron chi connectivity index (χ1n) is 2.68. The van der Waals surface area contributed by atoms with Crippen LogP contribution in [-0.2, 0) is 9.09 Å². The molecule has 1 unspecified atom stereocenters. The van der Waals surface area contributed by atoms with Crippen molar-refractivity contribution < 1.29 is 9.09 Å². The normalized spacial score (nSPS) is 11.6. The molecule has 2 N–H and O–H groups in total. The van der Waals surface area contributed by atoms with E-state index in [0.717, 1.165) is 12.8 Å². The molecule has 5 heteroatoms. The van der Waals surface area contributed by atoms with Crippen molar-refractivity contribution in [2.75, 3.05) is 12.5 Å². The van der Waals surface area contributed by atoms with Crippen molar-refractivity contribution in [1.82, 2.24) is 0 Å². The lowest BCUT2D eigenvalue weighted by Crippen LogP contribution is -1.90. The molecule has 0 aromatic carbocycles. The van der Waals surface area contributed by atoms with Crippen molar-refractivity contribution in [1.29, 1.82) is 0 Å². The zero-order chi connectivity index (χ0) is 7.11. The lowest BCUT2D eigenvalue weighted by molar-refractivity contribution is 0.322. The van der Waals surface area contributed by atoms with Crippen LogP contribution >= 0.6 is 19.8 Å². The van der Waals surface area contributed by atoms with Crippen LogP contribution in [0.4, 0.5) is 0 Å². The zero-order valence-corrected chi connectivity index (χ0v) is 6.70. The molecule has 0 aliphatic heterocycles. The Bertz CT molecular complexity index is 90.6. The maximum absolute atomic E-state index is 10.1. The molecule has 9 heavy (non-hydrogen) atoms. The van der Waals surface area contributed by atoms with Gasteiger partial charge in [-0.2, -0.15) is 0 Å². The molecule has 0 heterocycles. The second-order valence-corrected chi connectivity index (χ2v) is 2.72. The molecular formula is C4H10ClNO2P+. The van der Waals surface area contributed by atoms with Crippen LogP contribution in [0.1, 0.15) is 12.8 Å². The molecule has 0 aromatic rings. The van der Waals surface area contributed by atoms with Gasteiger partial charge in [0.25, 0.3) is 0 Å². The van der Waals surface area contributed by atoms with Gasteiger partial charge in [-0.1, -0.05) is 5.50 Å². The van der Waals surface area contributed by atoms with E-state index in [9.17, 15) is 4.57 Å². The van der Waals surface area contributed by atoms with E-state index in [1.54, 1.807) is 0 Å². The Labute approximate surface area is 60.4 Å². The SMILES string of the molecule is N[P+](=O)OCCCCCl. The molecule has 0 bridgehead atoms. The van der Waals surface area contributed by atoms with Gasteiger partial charge in [-0.25, -0.2) is 0 Å². The molecule has 0 saturated carbocycles. The number of unbranched alkanes of at least 4 members (excludes halogenated alkanes) is 1. The van der Waals surface area contributed by atoms with Crippen LogP contribution in [0.2, 0.25) is 0 Å². The molecule has 0 spiro atoms. The highest BCUT2D eigenvalue weighted by atomic mass is 35.5. The topological polar surface area (TPSA) is 52.3 Å². The van der Waals surface area contributed by atoms with Crippen LogP contribution in [0.5, 0.6) is 0 Å². The second kappa shape index (κ2) is 6.43. The van der Waals surface area contributed by atoms with E-state index in [-0.39, 0.29) is 0 Å². The molecular weight excluding hydrogens is 160 g/mol. The van der Waals surface area contributed by atoms with E-state index < -0.39 is 8.18 Å². The molecule has 54 valence electrons. The van der Waals surface area contributed by atoms with Crippen molar-refractivity contribution in [3.63, 3.8) is 0 Å². The molecule has 0 amide bonds. The lowest BCUT2D eigenvalue weighted by atomic mass is 10.4. The van der Waals surface area contributed by atoms with E-state index in [2.05, 4.69) is 4.52 Å². The Morgan fingerprint density at radius 2 is 2.22 bits per heavy atom. The Balaban J connectivity index is 2.83. The van der Waals surface area contributed by atoms with E-state index >= 15 is 0 Å². The molecule has 0 rings (SSSR count). The minimum atomic E-state index is -1.91. The minimum Gasteiger partial charge on any atom is -0.130 e. The predicted octanol–water partition coefficient (Wildman–Crippen LogP) is 1.64. The standard InChI is InChI=1S/C4H10ClNO2P/c5-3-1-2-4-8-9(6)7/h1-4H2,(H2,6,7)/q+1. The van der Waals surface area contributed by atoms with E-state index in [1.807, 2.05) is 0 Å². The van der Waals surface area contributed by atoms with Gasteiger partial charge in [0, 0.05) is 5.88 Å². The fourth-order valence-corrected chi connectivity index (χ4v) is 0.849. The van der Waals surface area contributed by atoms with Gasteiger partial charge in [-0.15, -0.1) is 16.1 Å². The first-order chi connectivity index (χ1) is 4.27. The van der Waals surface area contributed by atoms with Gasteiger partial charge in [-0.05, 0) is 17.4 Å². The van der Waals surface area contributed by atoms with E-state index in [0.29, 0.717) is 12.5 Å². The summed E-state index contributed by atoms with van der Waals surface area (Å²) in [4.78, 5) is 0. The molecule has 0 aromatic heterocycles. The molecule has 0 saturated heterocycles. The molecule has 0 aliphatic carbocycles. The van der Waals surface area contributed by atoms with Crippen molar-refractivity contribution in [3.05, 3.63) is 0 Å². The van der Waals surface area contributed by atoms with Crippen molar-refractivity contribution in [3.8, 4) is 0 Å². The molecule has 0 fully saturated rings. The summed E-state index contributed by atoms with van der Waals surface area (Å²) in [5.74, 6) is 0.616. The zero-order valence-electron chi connectivity index (χ0n) is 5.05. The summed E-state index contributed by atoms with van der Waals surface area (Å²) in [5.41, 5.74) is 4.83. The first-order valence-corrected chi connectivity index (χ1v) is 4.46. The summed E-state index contributed by atoms with van der Waals surface area (Å²) in [6.45, 7) is 0.443. The fourth-order valence-electron chi connectivity index (χ4n) is 0.351. The van der Waals surface area contributed by atoms with Crippen LogP contribution in [-0.4, -0.2) is 12.5 Å². The van der Waals surface area contributed by atoms with Crippen LogP contribution < -0.4 is 5.50 Å². The highest BCUT2D eigenvalue weighted by Gasteiger charge is 2.06. The Morgan fingerprint density at radius 3 is 2.67 bits per heavy atom. The van der Waals surface area contributed by atoms with Crippen LogP contribution in [0.15, 0.2) is 0 Å². The van der Waals surface area contributed by atoms with Crippen molar-refractivity contribution in [2.45, 2.75) is 12.8 Å². The lowest BCUT2D eigenvalue weighted by Gasteiger charge is -1.87. The number of halogens is 1. The van der Waals surface area contributed by atoms with E-state index in [1.165, 1.54) is 0 Å². The number of hydrogen-bond donors (Lipinski definition) is 1. The van der Waals surface area contributed by atoms with Gasteiger partial charge in [0.1, 0.15) is 6.61 Å². The number of rotatable bonds is 5. The van der Waals surface area contributed by atoms with Gasteiger partial charge in [0.05, 0.1) is 0 Å². The smallest absolute Gasteiger partial charge is 0.130 e. The maximum atomic E-state index is 10.1. The monoisotopic (exact) mass is 170 g/mol. The van der Waals surface area contributed by atoms with Gasteiger partial charge < -0.3 is 0 Å². The predicted molar refractivity (Wildman–Crippen MR) is 37.7 cm³/mol. The number of alkyl halides is 1. The quantitative estimate of drug-likeness (QED) is 0.388. The average Bonchev–Trinajstić information content (AvgIpc) is 1.80. The van der Waals surface area contributed by atoms with Gasteiger partial charge in [0.2, 0.25) is 0 Å². The third-order valence-electron chi connectivity index (χ3n) is 0.746. The Morgan fingerprint density at radius 1 is 1.56 bits per heavy atom. The maximum Gasteiger partial charge on any atom is 0.610 e. The Kier molecular flexibility index (Phi) is 6.65. The molecule has 0 aliphatic rings. The number of nitrogens with two attached hydrogens (primary N) is 1. The molecule has 0 radical (unpaired) electrons. The minimum absolute atomic E-state index is 0.443. The summed E-state index contributed by atoms with van der Waals surface area (Å²) in [5, 5.41) is 0. The van der Waals surface area contributed by atoms with Gasteiger partial charge in [0.15, 0.2) is 0 Å². The van der Waals surface area contributed by atoms with Gasteiger partial charge in [-0.3, -0.25) is 0 Å². The third-order valence-corrected chi connectivity index (χ3v) is 1.45. The van der Waals surface area contributed by atoms with Crippen molar-refractivity contribution >= 4 is 19.8 Å². The fraction of sp³-hybridized carbons (Fsp3) is 1.00. The molecule has 3 nitrogen and oxygen atoms in total. The second-order valence-electron chi connectivity index (χ2n) is 1.51. The van der Waals surface area contributed by atoms with Gasteiger partial charge >= 0.3 is 8.18 Å². The summed E-state index contributed by atoms with van der Waals surface area (Å²) in [7, 11) is -1.91. The summed E-state index contributed by atoms with van der Waals surface area (Å²) in [6, 6.07) is 0. The first kappa shape index (κ1) is 9.31. The number of hydrogen-bond acceptors (Lipinski definition) is 2.